The second-order valence-corrected chi connectivity index (χ2v) is 8.27. The van der Waals surface area contributed by atoms with Crippen molar-refractivity contribution in [3.05, 3.63) is 82.9 Å². The Morgan fingerprint density at radius 2 is 1.16 bits per heavy atom. The van der Waals surface area contributed by atoms with Gasteiger partial charge in [0.05, 0.1) is 24.2 Å². The van der Waals surface area contributed by atoms with Crippen LogP contribution in [0.3, 0.4) is 0 Å². The van der Waals surface area contributed by atoms with Gasteiger partial charge in [0.2, 0.25) is 0 Å². The van der Waals surface area contributed by atoms with Crippen LogP contribution in [0.4, 0.5) is 11.4 Å². The van der Waals surface area contributed by atoms with Crippen LogP contribution in [0.25, 0.3) is 0 Å². The Hall–Kier alpha value is -4.57. The second kappa shape index (κ2) is 11.0. The van der Waals surface area contributed by atoms with E-state index in [0.29, 0.717) is 47.3 Å². The topological polar surface area (TPSA) is 147 Å². The number of amidine groups is 2. The number of anilines is 2. The molecule has 0 unspecified atom stereocenters. The van der Waals surface area contributed by atoms with E-state index >= 15 is 0 Å². The van der Waals surface area contributed by atoms with Gasteiger partial charge in [0.1, 0.15) is 23.2 Å². The number of hydrogen-bond donors (Lipinski definition) is 6. The Kier molecular flexibility index (Phi) is 7.59. The third kappa shape index (κ3) is 5.65. The van der Waals surface area contributed by atoms with E-state index in [-0.39, 0.29) is 35.0 Å². The lowest BCUT2D eigenvalue weighted by atomic mass is 10.1. The summed E-state index contributed by atoms with van der Waals surface area (Å²) in [6, 6.07) is 15.9. The number of rotatable bonds is 6. The van der Waals surface area contributed by atoms with Crippen molar-refractivity contribution in [2.24, 2.45) is 9.98 Å². The number of aliphatic imine (C=N–C) groups is 2. The predicted octanol–water partition coefficient (Wildman–Crippen LogP) is 2.72. The van der Waals surface area contributed by atoms with Crippen molar-refractivity contribution in [2.45, 2.75) is 0 Å². The highest BCUT2D eigenvalue weighted by Crippen LogP contribution is 2.25. The first-order chi connectivity index (χ1) is 17.5. The van der Waals surface area contributed by atoms with Gasteiger partial charge in [0, 0.05) is 47.7 Å². The second-order valence-electron chi connectivity index (χ2n) is 8.27. The molecule has 3 aromatic rings. The van der Waals surface area contributed by atoms with Gasteiger partial charge >= 0.3 is 0 Å². The first-order valence-electron chi connectivity index (χ1n) is 11.4. The maximum Gasteiger partial charge on any atom is 0.255 e. The van der Waals surface area contributed by atoms with Crippen LogP contribution in [0.15, 0.2) is 70.6 Å². The van der Waals surface area contributed by atoms with Crippen LogP contribution in [0.2, 0.25) is 0 Å². The molecule has 2 heterocycles. The molecule has 3 aromatic carbocycles. The molecule has 5 rings (SSSR count). The van der Waals surface area contributed by atoms with Crippen LogP contribution in [0, 0.1) is 0 Å². The molecule has 0 saturated heterocycles. The zero-order valence-electron chi connectivity index (χ0n) is 19.6. The summed E-state index contributed by atoms with van der Waals surface area (Å²) in [7, 11) is 0. The predicted molar refractivity (Wildman–Crippen MR) is 145 cm³/mol. The lowest BCUT2D eigenvalue weighted by Crippen LogP contribution is -2.20. The molecule has 0 bridgehead atoms. The number of amides is 2. The van der Waals surface area contributed by atoms with E-state index in [4.69, 9.17) is 0 Å². The van der Waals surface area contributed by atoms with Crippen molar-refractivity contribution in [2.75, 3.05) is 36.8 Å². The van der Waals surface area contributed by atoms with Crippen molar-refractivity contribution < 1.29 is 19.8 Å². The number of carbonyl (C=O) groups is 2. The maximum absolute atomic E-state index is 12.8. The van der Waals surface area contributed by atoms with Crippen LogP contribution in [0.1, 0.15) is 31.8 Å². The molecule has 0 atom stereocenters. The molecule has 10 nitrogen and oxygen atoms in total. The molecule has 0 spiro atoms. The molecule has 0 saturated carbocycles. The summed E-state index contributed by atoms with van der Waals surface area (Å²) in [4.78, 5) is 34.2. The van der Waals surface area contributed by atoms with E-state index in [1.807, 2.05) is 0 Å². The number of aromatic hydroxyl groups is 2. The van der Waals surface area contributed by atoms with Crippen LogP contribution in [0.5, 0.6) is 11.5 Å². The van der Waals surface area contributed by atoms with Gasteiger partial charge in [-0.05, 0) is 42.5 Å². The summed E-state index contributed by atoms with van der Waals surface area (Å²) in [5, 5.41) is 32.3. The quantitative estimate of drug-likeness (QED) is 0.294. The van der Waals surface area contributed by atoms with Crippen molar-refractivity contribution in [3.63, 3.8) is 0 Å². The molecular weight excluding hydrogens is 496 g/mol. The summed E-state index contributed by atoms with van der Waals surface area (Å²) in [5.41, 5.74) is 2.50. The lowest BCUT2D eigenvalue weighted by Gasteiger charge is -2.11. The molecule has 2 aliphatic heterocycles. The molecule has 0 radical (unpaired) electrons. The molecule has 190 valence electrons. The van der Waals surface area contributed by atoms with E-state index < -0.39 is 11.8 Å². The van der Waals surface area contributed by atoms with Gasteiger partial charge in [-0.1, -0.05) is 6.07 Å². The van der Waals surface area contributed by atoms with Gasteiger partial charge < -0.3 is 31.5 Å². The highest BCUT2D eigenvalue weighted by molar-refractivity contribution is 6.09. The molecule has 0 aromatic heterocycles. The van der Waals surface area contributed by atoms with E-state index in [1.165, 1.54) is 18.2 Å². The molecule has 2 amide bonds. The largest absolute Gasteiger partial charge is 0.507 e. The molecule has 11 heteroatoms. The first kappa shape index (κ1) is 25.5. The van der Waals surface area contributed by atoms with Crippen LogP contribution in [-0.2, 0) is 0 Å². The minimum atomic E-state index is -0.431. The Bertz CT molecular complexity index is 1320. The van der Waals surface area contributed by atoms with Gasteiger partial charge in [-0.2, -0.15) is 0 Å². The third-order valence-electron chi connectivity index (χ3n) is 5.76. The zero-order chi connectivity index (χ0) is 25.1. The highest BCUT2D eigenvalue weighted by Gasteiger charge is 2.16. The number of carbonyl (C=O) groups excluding carboxylic acids is 2. The number of nitrogens with one attached hydrogen (secondary N) is 4. The van der Waals surface area contributed by atoms with Gasteiger partial charge in [-0.25, -0.2) is 0 Å². The fourth-order valence-electron chi connectivity index (χ4n) is 3.98. The number of benzene rings is 3. The minimum Gasteiger partial charge on any atom is -0.507 e. The molecule has 6 N–H and O–H groups in total. The molecular formula is C26H25ClN6O4. The number of phenolic OH excluding ortho intramolecular Hbond substituents is 2. The minimum absolute atomic E-state index is 0. The van der Waals surface area contributed by atoms with Crippen LogP contribution in [-0.4, -0.2) is 59.9 Å². The van der Waals surface area contributed by atoms with E-state index in [9.17, 15) is 19.8 Å². The van der Waals surface area contributed by atoms with Crippen molar-refractivity contribution in [3.8, 4) is 11.5 Å². The standard InChI is InChI=1S/C26H24N6O4.ClH/c33-21-13-17(4-6-19(21)23-27-8-9-28-23)31-25(35)15-2-1-3-16(12-15)26(36)32-18-5-7-20(22(34)14-18)24-29-10-11-30-24;/h1-7,12-14,33-34H,8-11H2,(H,27,28)(H,29,30)(H,31,35)(H,32,36);1H. The van der Waals surface area contributed by atoms with E-state index in [1.54, 1.807) is 42.5 Å². The Balaban J connectivity index is 0.00000320. The van der Waals surface area contributed by atoms with Gasteiger partial charge in [0.15, 0.2) is 0 Å². The summed E-state index contributed by atoms with van der Waals surface area (Å²) < 4.78 is 0. The SMILES string of the molecule is Cl.O=C(Nc1ccc(C2=NCCN2)c(O)c1)c1cccc(C(=O)Nc2ccc(C3=NCCN3)c(O)c2)c1. The van der Waals surface area contributed by atoms with Gasteiger partial charge in [0.25, 0.3) is 11.8 Å². The normalized spacial score (nSPS) is 13.9. The van der Waals surface area contributed by atoms with E-state index in [2.05, 4.69) is 31.3 Å². The Labute approximate surface area is 219 Å². The summed E-state index contributed by atoms with van der Waals surface area (Å²) in [5.74, 6) is 0.380. The van der Waals surface area contributed by atoms with Crippen molar-refractivity contribution in [1.29, 1.82) is 0 Å². The summed E-state index contributed by atoms with van der Waals surface area (Å²) >= 11 is 0. The number of hydrogen-bond acceptors (Lipinski definition) is 8. The molecule has 0 aliphatic carbocycles. The number of halogens is 1. The summed E-state index contributed by atoms with van der Waals surface area (Å²) in [6.45, 7) is 2.74. The van der Waals surface area contributed by atoms with Crippen LogP contribution >= 0.6 is 12.4 Å². The summed E-state index contributed by atoms with van der Waals surface area (Å²) in [6.07, 6.45) is 0. The smallest absolute Gasteiger partial charge is 0.255 e. The monoisotopic (exact) mass is 520 g/mol. The third-order valence-corrected chi connectivity index (χ3v) is 5.76. The van der Waals surface area contributed by atoms with Gasteiger partial charge in [-0.15, -0.1) is 12.4 Å². The zero-order valence-corrected chi connectivity index (χ0v) is 20.4. The Morgan fingerprint density at radius 1 is 0.703 bits per heavy atom. The van der Waals surface area contributed by atoms with Crippen LogP contribution < -0.4 is 21.3 Å². The maximum atomic E-state index is 12.8. The van der Waals surface area contributed by atoms with Crippen molar-refractivity contribution >= 4 is 47.3 Å². The molecule has 0 fully saturated rings. The fourth-order valence-corrected chi connectivity index (χ4v) is 3.98. The first-order valence-corrected chi connectivity index (χ1v) is 11.4. The molecule has 37 heavy (non-hydrogen) atoms. The van der Waals surface area contributed by atoms with Crippen molar-refractivity contribution in [1.82, 2.24) is 10.6 Å². The lowest BCUT2D eigenvalue weighted by molar-refractivity contribution is 0.102. The fraction of sp³-hybridized carbons (Fsp3) is 0.154. The average Bonchev–Trinajstić information content (AvgIpc) is 3.59. The average molecular weight is 521 g/mol. The van der Waals surface area contributed by atoms with Gasteiger partial charge in [-0.3, -0.25) is 19.6 Å². The van der Waals surface area contributed by atoms with E-state index in [0.717, 1.165) is 13.1 Å². The number of phenols is 2. The molecule has 2 aliphatic rings. The number of nitrogens with zero attached hydrogens (tertiary/aromatic N) is 2. The Morgan fingerprint density at radius 3 is 1.54 bits per heavy atom. The highest BCUT2D eigenvalue weighted by atomic mass is 35.5.